The Labute approximate surface area is 170 Å². The molecule has 1 fully saturated rings. The number of fused-ring (bicyclic) bond motifs is 1. The predicted octanol–water partition coefficient (Wildman–Crippen LogP) is 3.67. The Morgan fingerprint density at radius 2 is 2.00 bits per heavy atom. The second-order valence-electron chi connectivity index (χ2n) is 7.25. The first-order valence-corrected chi connectivity index (χ1v) is 9.85. The molecule has 152 valence electrons. The van der Waals surface area contributed by atoms with E-state index in [1.165, 1.54) is 5.56 Å². The smallest absolute Gasteiger partial charge is 0.317 e. The second kappa shape index (κ2) is 8.43. The van der Waals surface area contributed by atoms with Crippen LogP contribution in [0.15, 0.2) is 42.7 Å². The Kier molecular flexibility index (Phi) is 5.55. The number of aromatic nitrogens is 2. The van der Waals surface area contributed by atoms with Crippen LogP contribution in [0.2, 0.25) is 0 Å². The summed E-state index contributed by atoms with van der Waals surface area (Å²) in [6, 6.07) is 9.61. The molecule has 0 radical (unpaired) electrons. The average Bonchev–Trinajstić information content (AvgIpc) is 3.21. The molecule has 3 heterocycles. The van der Waals surface area contributed by atoms with Crippen molar-refractivity contribution in [3.8, 4) is 11.5 Å². The van der Waals surface area contributed by atoms with Crippen LogP contribution in [0.4, 0.5) is 4.79 Å². The number of urea groups is 1. The van der Waals surface area contributed by atoms with Gasteiger partial charge in [0, 0.05) is 32.0 Å². The number of carbonyl (C=O) groups is 1. The fraction of sp³-hybridized carbons (Fsp3) is 0.364. The van der Waals surface area contributed by atoms with Gasteiger partial charge in [0.25, 0.3) is 0 Å². The summed E-state index contributed by atoms with van der Waals surface area (Å²) in [5.41, 5.74) is 4.34. The molecule has 2 N–H and O–H groups in total. The van der Waals surface area contributed by atoms with Crippen molar-refractivity contribution in [2.24, 2.45) is 0 Å². The third kappa shape index (κ3) is 3.99. The van der Waals surface area contributed by atoms with Gasteiger partial charge in [-0.2, -0.15) is 0 Å². The molecule has 29 heavy (non-hydrogen) atoms. The van der Waals surface area contributed by atoms with E-state index in [1.54, 1.807) is 14.2 Å². The number of pyridine rings is 1. The third-order valence-electron chi connectivity index (χ3n) is 5.58. The van der Waals surface area contributed by atoms with Crippen molar-refractivity contribution in [1.82, 2.24) is 20.2 Å². The van der Waals surface area contributed by atoms with Gasteiger partial charge in [0.05, 0.1) is 25.3 Å². The highest BCUT2D eigenvalue weighted by Crippen LogP contribution is 2.32. The van der Waals surface area contributed by atoms with Gasteiger partial charge in [0.1, 0.15) is 0 Å². The van der Waals surface area contributed by atoms with Gasteiger partial charge >= 0.3 is 6.03 Å². The summed E-state index contributed by atoms with van der Waals surface area (Å²) < 4.78 is 10.6. The lowest BCUT2D eigenvalue weighted by Gasteiger charge is -2.32. The van der Waals surface area contributed by atoms with Gasteiger partial charge in [-0.3, -0.25) is 4.98 Å². The fourth-order valence-corrected chi connectivity index (χ4v) is 3.96. The first kappa shape index (κ1) is 19.1. The number of likely N-dealkylation sites (tertiary alicyclic amines) is 1. The number of rotatable bonds is 5. The van der Waals surface area contributed by atoms with E-state index in [0.717, 1.165) is 42.5 Å². The summed E-state index contributed by atoms with van der Waals surface area (Å²) in [5.74, 6) is 1.76. The van der Waals surface area contributed by atoms with E-state index >= 15 is 0 Å². The molecule has 2 amide bonds. The molecule has 0 atom stereocenters. The van der Waals surface area contributed by atoms with Gasteiger partial charge in [0.15, 0.2) is 11.5 Å². The van der Waals surface area contributed by atoms with Gasteiger partial charge < -0.3 is 24.7 Å². The SMILES string of the molecule is COc1ccc(CNC(=O)N2CCC(c3c[nH]c4cccnc34)CC2)cc1OC. The first-order valence-electron chi connectivity index (χ1n) is 9.85. The van der Waals surface area contributed by atoms with Crippen LogP contribution in [0.25, 0.3) is 11.0 Å². The van der Waals surface area contributed by atoms with Crippen LogP contribution in [-0.2, 0) is 6.54 Å². The van der Waals surface area contributed by atoms with Crippen LogP contribution >= 0.6 is 0 Å². The van der Waals surface area contributed by atoms with Crippen LogP contribution in [0, 0.1) is 0 Å². The average molecular weight is 394 g/mol. The van der Waals surface area contributed by atoms with E-state index in [9.17, 15) is 4.79 Å². The molecular formula is C22H26N4O3. The highest BCUT2D eigenvalue weighted by atomic mass is 16.5. The fourth-order valence-electron chi connectivity index (χ4n) is 3.96. The molecule has 1 aromatic carbocycles. The van der Waals surface area contributed by atoms with Crippen molar-refractivity contribution >= 4 is 17.1 Å². The van der Waals surface area contributed by atoms with Gasteiger partial charge in [-0.05, 0) is 54.2 Å². The Morgan fingerprint density at radius 3 is 2.76 bits per heavy atom. The second-order valence-corrected chi connectivity index (χ2v) is 7.25. The summed E-state index contributed by atoms with van der Waals surface area (Å²) in [7, 11) is 3.21. The Bertz CT molecular complexity index is 993. The van der Waals surface area contributed by atoms with Crippen molar-refractivity contribution in [1.29, 1.82) is 0 Å². The summed E-state index contributed by atoms with van der Waals surface area (Å²) in [5, 5.41) is 3.01. The minimum atomic E-state index is -0.0321. The predicted molar refractivity (Wildman–Crippen MR) is 111 cm³/mol. The molecule has 7 heteroatoms. The number of hydrogen-bond acceptors (Lipinski definition) is 4. The number of carbonyl (C=O) groups excluding carboxylic acids is 1. The quantitative estimate of drug-likeness (QED) is 0.692. The Morgan fingerprint density at radius 1 is 1.21 bits per heavy atom. The molecule has 0 unspecified atom stereocenters. The summed E-state index contributed by atoms with van der Waals surface area (Å²) in [4.78, 5) is 22.3. The minimum absolute atomic E-state index is 0.0321. The molecular weight excluding hydrogens is 368 g/mol. The molecule has 1 aliphatic heterocycles. The van der Waals surface area contributed by atoms with Crippen molar-refractivity contribution in [2.75, 3.05) is 27.3 Å². The zero-order valence-electron chi connectivity index (χ0n) is 16.8. The Hall–Kier alpha value is -3.22. The number of hydrogen-bond donors (Lipinski definition) is 2. The lowest BCUT2D eigenvalue weighted by atomic mass is 9.90. The lowest BCUT2D eigenvalue weighted by molar-refractivity contribution is 0.181. The highest BCUT2D eigenvalue weighted by Gasteiger charge is 2.25. The van der Waals surface area contributed by atoms with E-state index in [1.807, 2.05) is 41.4 Å². The minimum Gasteiger partial charge on any atom is -0.493 e. The van der Waals surface area contributed by atoms with E-state index in [0.29, 0.717) is 24.0 Å². The number of amides is 2. The topological polar surface area (TPSA) is 79.5 Å². The Balaban J connectivity index is 1.32. The van der Waals surface area contributed by atoms with Crippen LogP contribution < -0.4 is 14.8 Å². The van der Waals surface area contributed by atoms with Crippen molar-refractivity contribution in [3.63, 3.8) is 0 Å². The number of aromatic amines is 1. The normalized spacial score (nSPS) is 14.8. The van der Waals surface area contributed by atoms with Crippen molar-refractivity contribution in [2.45, 2.75) is 25.3 Å². The van der Waals surface area contributed by atoms with E-state index < -0.39 is 0 Å². The molecule has 1 saturated heterocycles. The molecule has 0 saturated carbocycles. The van der Waals surface area contributed by atoms with Crippen molar-refractivity contribution < 1.29 is 14.3 Å². The molecule has 0 bridgehead atoms. The maximum Gasteiger partial charge on any atom is 0.317 e. The zero-order valence-corrected chi connectivity index (χ0v) is 16.8. The molecule has 7 nitrogen and oxygen atoms in total. The summed E-state index contributed by atoms with van der Waals surface area (Å²) >= 11 is 0. The number of ether oxygens (including phenoxy) is 2. The molecule has 0 spiro atoms. The number of nitrogens with one attached hydrogen (secondary N) is 2. The largest absolute Gasteiger partial charge is 0.493 e. The lowest BCUT2D eigenvalue weighted by Crippen LogP contribution is -2.43. The van der Waals surface area contributed by atoms with E-state index in [2.05, 4.69) is 21.5 Å². The molecule has 0 aliphatic carbocycles. The summed E-state index contributed by atoms with van der Waals surface area (Å²) in [6.07, 6.45) is 5.77. The number of methoxy groups -OCH3 is 2. The number of benzene rings is 1. The van der Waals surface area contributed by atoms with Crippen LogP contribution in [0.5, 0.6) is 11.5 Å². The maximum atomic E-state index is 12.6. The van der Waals surface area contributed by atoms with E-state index in [-0.39, 0.29) is 6.03 Å². The monoisotopic (exact) mass is 394 g/mol. The maximum absolute atomic E-state index is 12.6. The standard InChI is InChI=1S/C22H26N4O3/c1-28-19-6-5-15(12-20(19)29-2)13-25-22(27)26-10-7-16(8-11-26)17-14-24-18-4-3-9-23-21(17)18/h3-6,9,12,14,16,24H,7-8,10-11,13H2,1-2H3,(H,25,27). The zero-order chi connectivity index (χ0) is 20.2. The van der Waals surface area contributed by atoms with Gasteiger partial charge in [0.2, 0.25) is 0 Å². The summed E-state index contributed by atoms with van der Waals surface area (Å²) in [6.45, 7) is 1.93. The number of piperidine rings is 1. The molecule has 2 aromatic heterocycles. The third-order valence-corrected chi connectivity index (χ3v) is 5.58. The molecule has 4 rings (SSSR count). The number of nitrogens with zero attached hydrogens (tertiary/aromatic N) is 2. The highest BCUT2D eigenvalue weighted by molar-refractivity contribution is 5.79. The van der Waals surface area contributed by atoms with Gasteiger partial charge in [-0.25, -0.2) is 4.79 Å². The molecule has 3 aromatic rings. The molecule has 1 aliphatic rings. The van der Waals surface area contributed by atoms with E-state index in [4.69, 9.17) is 9.47 Å². The van der Waals surface area contributed by atoms with Gasteiger partial charge in [-0.15, -0.1) is 0 Å². The van der Waals surface area contributed by atoms with Gasteiger partial charge in [-0.1, -0.05) is 6.07 Å². The first-order chi connectivity index (χ1) is 14.2. The number of H-pyrrole nitrogens is 1. The van der Waals surface area contributed by atoms with Crippen LogP contribution in [0.3, 0.4) is 0 Å². The van der Waals surface area contributed by atoms with Crippen LogP contribution in [-0.4, -0.2) is 48.2 Å². The van der Waals surface area contributed by atoms with Crippen LogP contribution in [0.1, 0.15) is 29.9 Å². The van der Waals surface area contributed by atoms with Crippen molar-refractivity contribution in [3.05, 3.63) is 53.9 Å².